The normalized spacial score (nSPS) is 20.9. The predicted molar refractivity (Wildman–Crippen MR) is 34.0 cm³/mol. The van der Waals surface area contributed by atoms with Crippen molar-refractivity contribution in [2.75, 3.05) is 0 Å². The van der Waals surface area contributed by atoms with Crippen LogP contribution in [0.15, 0.2) is 23.0 Å². The molecule has 0 amide bonds. The summed E-state index contributed by atoms with van der Waals surface area (Å²) in [6, 6.07) is 0. The van der Waals surface area contributed by atoms with Crippen LogP contribution in [0.3, 0.4) is 0 Å². The SMILES string of the molecule is O=C[SH]1C=CC=C1. The Morgan fingerprint density at radius 2 is 1.86 bits per heavy atom. The van der Waals surface area contributed by atoms with Gasteiger partial charge in [0.05, 0.1) is 0 Å². The van der Waals surface area contributed by atoms with Gasteiger partial charge in [0.15, 0.2) is 5.62 Å². The third kappa shape index (κ3) is 0.933. The minimum absolute atomic E-state index is 0.485. The molecule has 1 nitrogen and oxygen atoms in total. The van der Waals surface area contributed by atoms with Gasteiger partial charge in [-0.05, 0) is 10.8 Å². The number of allylic oxidation sites excluding steroid dienone is 2. The summed E-state index contributed by atoms with van der Waals surface area (Å²) >= 11 is 0. The molecule has 38 valence electrons. The highest BCUT2D eigenvalue weighted by Gasteiger charge is 1.91. The van der Waals surface area contributed by atoms with Crippen LogP contribution in [0.5, 0.6) is 0 Å². The maximum absolute atomic E-state index is 9.93. The van der Waals surface area contributed by atoms with Crippen LogP contribution in [0.1, 0.15) is 0 Å². The van der Waals surface area contributed by atoms with Crippen LogP contribution in [0.4, 0.5) is 0 Å². The Hall–Kier alpha value is -0.500. The first kappa shape index (κ1) is 4.65. The molecule has 0 aromatic rings. The molecule has 0 atom stereocenters. The molecule has 1 heterocycles. The Bertz CT molecular complexity index is 114. The molecule has 2 heteroatoms. The molecule has 1 rings (SSSR count). The van der Waals surface area contributed by atoms with E-state index in [0.717, 1.165) is 5.62 Å². The van der Waals surface area contributed by atoms with E-state index in [2.05, 4.69) is 0 Å². The predicted octanol–water partition coefficient (Wildman–Crippen LogP) is 1.22. The van der Waals surface area contributed by atoms with E-state index in [1.54, 1.807) is 0 Å². The molecule has 7 heavy (non-hydrogen) atoms. The zero-order valence-corrected chi connectivity index (χ0v) is 4.64. The highest BCUT2D eigenvalue weighted by molar-refractivity contribution is 8.33. The van der Waals surface area contributed by atoms with Crippen molar-refractivity contribution in [2.45, 2.75) is 0 Å². The Labute approximate surface area is 45.1 Å². The Morgan fingerprint density at radius 3 is 2.14 bits per heavy atom. The standard InChI is InChI=1S/C5H6OS/c6-5-7-3-1-2-4-7/h1-5,7H. The van der Waals surface area contributed by atoms with Crippen LogP contribution in [-0.2, 0) is 4.79 Å². The zero-order valence-electron chi connectivity index (χ0n) is 3.74. The summed E-state index contributed by atoms with van der Waals surface area (Å²) in [6.07, 6.45) is 3.81. The Balaban J connectivity index is 2.59. The number of hydrogen-bond donors (Lipinski definition) is 1. The van der Waals surface area contributed by atoms with Crippen molar-refractivity contribution in [3.8, 4) is 0 Å². The molecule has 0 saturated heterocycles. The van der Waals surface area contributed by atoms with E-state index < -0.39 is 10.9 Å². The molecule has 0 N–H and O–H groups in total. The van der Waals surface area contributed by atoms with Crippen LogP contribution in [0, 0.1) is 0 Å². The van der Waals surface area contributed by atoms with E-state index in [-0.39, 0.29) is 0 Å². The molecule has 0 aromatic heterocycles. The van der Waals surface area contributed by atoms with E-state index in [4.69, 9.17) is 0 Å². The van der Waals surface area contributed by atoms with Crippen LogP contribution < -0.4 is 0 Å². The fourth-order valence-corrected chi connectivity index (χ4v) is 1.25. The summed E-state index contributed by atoms with van der Waals surface area (Å²) in [5.41, 5.74) is 0.981. The first-order valence-corrected chi connectivity index (χ1v) is 3.56. The maximum atomic E-state index is 9.93. The summed E-state index contributed by atoms with van der Waals surface area (Å²) in [6.45, 7) is 0. The van der Waals surface area contributed by atoms with Crippen molar-refractivity contribution in [1.29, 1.82) is 0 Å². The van der Waals surface area contributed by atoms with Gasteiger partial charge in [0.2, 0.25) is 0 Å². The van der Waals surface area contributed by atoms with Gasteiger partial charge < -0.3 is 0 Å². The lowest BCUT2D eigenvalue weighted by molar-refractivity contribution is 0.570. The fraction of sp³-hybridized carbons (Fsp3) is 0. The van der Waals surface area contributed by atoms with Crippen molar-refractivity contribution in [2.24, 2.45) is 0 Å². The van der Waals surface area contributed by atoms with Crippen LogP contribution >= 0.6 is 10.9 Å². The first-order chi connectivity index (χ1) is 3.43. The highest BCUT2D eigenvalue weighted by atomic mass is 32.2. The third-order valence-electron chi connectivity index (χ3n) is 0.749. The van der Waals surface area contributed by atoms with E-state index in [0.29, 0.717) is 0 Å². The van der Waals surface area contributed by atoms with Gasteiger partial charge in [-0.3, -0.25) is 4.79 Å². The summed E-state index contributed by atoms with van der Waals surface area (Å²) in [5, 5.41) is 3.84. The van der Waals surface area contributed by atoms with Crippen molar-refractivity contribution in [3.63, 3.8) is 0 Å². The minimum Gasteiger partial charge on any atom is -0.292 e. The molecular weight excluding hydrogens is 108 g/mol. The first-order valence-electron chi connectivity index (χ1n) is 2.01. The zero-order chi connectivity index (χ0) is 5.11. The van der Waals surface area contributed by atoms with Gasteiger partial charge in [-0.15, -0.1) is 0 Å². The number of hydrogen-bond acceptors (Lipinski definition) is 1. The fourth-order valence-electron chi connectivity index (χ4n) is 0.418. The van der Waals surface area contributed by atoms with Crippen LogP contribution in [0.2, 0.25) is 0 Å². The number of thiol groups is 1. The third-order valence-corrected chi connectivity index (χ3v) is 2.03. The van der Waals surface area contributed by atoms with Crippen molar-refractivity contribution in [3.05, 3.63) is 23.0 Å². The van der Waals surface area contributed by atoms with Gasteiger partial charge >= 0.3 is 0 Å². The largest absolute Gasteiger partial charge is 0.292 e. The molecular formula is C5H6OS. The molecule has 0 aromatic carbocycles. The topological polar surface area (TPSA) is 17.1 Å². The summed E-state index contributed by atoms with van der Waals surface area (Å²) in [5.74, 6) is 0. The second-order valence-corrected chi connectivity index (χ2v) is 2.94. The van der Waals surface area contributed by atoms with Gasteiger partial charge in [-0.25, -0.2) is 0 Å². The van der Waals surface area contributed by atoms with E-state index in [9.17, 15) is 4.79 Å². The number of rotatable bonds is 1. The monoisotopic (exact) mass is 114 g/mol. The Kier molecular flexibility index (Phi) is 1.32. The minimum atomic E-state index is -0.485. The van der Waals surface area contributed by atoms with Crippen molar-refractivity contribution < 1.29 is 4.79 Å². The molecule has 0 unspecified atom stereocenters. The molecule has 0 radical (unpaired) electrons. The molecule has 0 fully saturated rings. The second-order valence-electron chi connectivity index (χ2n) is 1.24. The second kappa shape index (κ2) is 1.98. The van der Waals surface area contributed by atoms with Gasteiger partial charge in [0.25, 0.3) is 0 Å². The van der Waals surface area contributed by atoms with Crippen LogP contribution in [0.25, 0.3) is 0 Å². The van der Waals surface area contributed by atoms with E-state index >= 15 is 0 Å². The molecule has 0 spiro atoms. The van der Waals surface area contributed by atoms with Crippen molar-refractivity contribution in [1.82, 2.24) is 0 Å². The van der Waals surface area contributed by atoms with Gasteiger partial charge in [-0.1, -0.05) is 12.2 Å². The lowest BCUT2D eigenvalue weighted by Gasteiger charge is -1.91. The van der Waals surface area contributed by atoms with Crippen molar-refractivity contribution >= 4 is 16.5 Å². The van der Waals surface area contributed by atoms with Gasteiger partial charge in [0.1, 0.15) is 0 Å². The molecule has 1 aliphatic rings. The average Bonchev–Trinajstić information content (AvgIpc) is 2.14. The highest BCUT2D eigenvalue weighted by Crippen LogP contribution is 2.28. The summed E-state index contributed by atoms with van der Waals surface area (Å²) in [7, 11) is -0.485. The molecule has 0 saturated carbocycles. The molecule has 1 aliphatic heterocycles. The molecule has 0 bridgehead atoms. The smallest absolute Gasteiger partial charge is 0.163 e. The maximum Gasteiger partial charge on any atom is 0.163 e. The van der Waals surface area contributed by atoms with E-state index in [1.165, 1.54) is 0 Å². The Morgan fingerprint density at radius 1 is 1.29 bits per heavy atom. The lowest BCUT2D eigenvalue weighted by Crippen LogP contribution is -1.61. The molecule has 0 aliphatic carbocycles. The lowest BCUT2D eigenvalue weighted by atomic mass is 10.6. The summed E-state index contributed by atoms with van der Waals surface area (Å²) < 4.78 is 0. The summed E-state index contributed by atoms with van der Waals surface area (Å²) in [4.78, 5) is 9.93. The quantitative estimate of drug-likeness (QED) is 0.400. The van der Waals surface area contributed by atoms with Crippen LogP contribution in [-0.4, -0.2) is 5.62 Å². The number of carbonyl (C=O) groups is 1. The van der Waals surface area contributed by atoms with E-state index in [1.807, 2.05) is 23.0 Å². The van der Waals surface area contributed by atoms with Gasteiger partial charge in [0, 0.05) is 0 Å². The van der Waals surface area contributed by atoms with Gasteiger partial charge in [-0.2, -0.15) is 10.9 Å². The average molecular weight is 114 g/mol. The number of carbonyl (C=O) groups excluding carboxylic acids is 1.